The van der Waals surface area contributed by atoms with Crippen molar-refractivity contribution in [3.63, 3.8) is 0 Å². The van der Waals surface area contributed by atoms with Crippen LogP contribution in [-0.2, 0) is 14.6 Å². The fraction of sp³-hybridized carbons (Fsp3) is 0.875. The van der Waals surface area contributed by atoms with Gasteiger partial charge in [0.2, 0.25) is 0 Å². The molecule has 0 aromatic rings. The molecule has 14 heavy (non-hydrogen) atoms. The van der Waals surface area contributed by atoms with Crippen molar-refractivity contribution in [1.82, 2.24) is 4.90 Å². The summed E-state index contributed by atoms with van der Waals surface area (Å²) in [5.74, 6) is -0.586. The normalized spacial score (nSPS) is 26.3. The molecule has 0 spiro atoms. The van der Waals surface area contributed by atoms with Crippen LogP contribution in [0.25, 0.3) is 0 Å². The highest BCUT2D eigenvalue weighted by Crippen LogP contribution is 2.16. The number of carbonyl (C=O) groups is 1. The molecule has 0 bridgehead atoms. The summed E-state index contributed by atoms with van der Waals surface area (Å²) in [6.45, 7) is -0.0970. The van der Waals surface area contributed by atoms with E-state index in [4.69, 9.17) is 5.11 Å². The van der Waals surface area contributed by atoms with Gasteiger partial charge in [-0.05, 0) is 19.9 Å². The number of hydrogen-bond donors (Lipinski definition) is 1. The Morgan fingerprint density at radius 3 is 2.71 bits per heavy atom. The molecule has 0 aromatic carbocycles. The number of nitrogens with zero attached hydrogens (tertiary/aromatic N) is 1. The van der Waals surface area contributed by atoms with Gasteiger partial charge in [0, 0.05) is 6.04 Å². The van der Waals surface area contributed by atoms with Crippen LogP contribution in [0.3, 0.4) is 0 Å². The summed E-state index contributed by atoms with van der Waals surface area (Å²) in [7, 11) is -1.29. The lowest BCUT2D eigenvalue weighted by molar-refractivity contribution is -0.138. The lowest BCUT2D eigenvalue weighted by Gasteiger charge is -2.29. The molecule has 1 aliphatic rings. The van der Waals surface area contributed by atoms with Crippen LogP contribution < -0.4 is 0 Å². The molecule has 0 aromatic heterocycles. The van der Waals surface area contributed by atoms with Crippen LogP contribution in [0, 0.1) is 0 Å². The largest absolute Gasteiger partial charge is 0.480 e. The second kappa shape index (κ2) is 4.27. The monoisotopic (exact) mass is 221 g/mol. The topological polar surface area (TPSA) is 74.7 Å². The second-order valence-electron chi connectivity index (χ2n) is 3.72. The summed E-state index contributed by atoms with van der Waals surface area (Å²) in [5.41, 5.74) is 0. The maximum atomic E-state index is 11.3. The minimum atomic E-state index is -2.95. The molecular formula is C8H15NO4S. The fourth-order valence-electron chi connectivity index (χ4n) is 1.69. The third kappa shape index (κ3) is 3.26. The smallest absolute Gasteiger partial charge is 0.317 e. The van der Waals surface area contributed by atoms with E-state index in [1.165, 1.54) is 0 Å². The van der Waals surface area contributed by atoms with Gasteiger partial charge >= 0.3 is 5.97 Å². The zero-order chi connectivity index (χ0) is 10.8. The van der Waals surface area contributed by atoms with Crippen molar-refractivity contribution >= 4 is 15.8 Å². The highest BCUT2D eigenvalue weighted by molar-refractivity contribution is 7.91. The molecule has 1 atom stereocenters. The lowest BCUT2D eigenvalue weighted by Crippen LogP contribution is -2.43. The predicted molar refractivity (Wildman–Crippen MR) is 51.9 cm³/mol. The Morgan fingerprint density at radius 1 is 1.57 bits per heavy atom. The van der Waals surface area contributed by atoms with E-state index >= 15 is 0 Å². The summed E-state index contributed by atoms with van der Waals surface area (Å²) >= 11 is 0. The summed E-state index contributed by atoms with van der Waals surface area (Å²) in [6, 6.07) is -0.134. The van der Waals surface area contributed by atoms with Crippen molar-refractivity contribution < 1.29 is 18.3 Å². The van der Waals surface area contributed by atoms with Gasteiger partial charge < -0.3 is 5.11 Å². The highest BCUT2D eigenvalue weighted by atomic mass is 32.2. The Balaban J connectivity index is 2.56. The summed E-state index contributed by atoms with van der Waals surface area (Å²) in [5, 5.41) is 8.55. The van der Waals surface area contributed by atoms with Gasteiger partial charge in [-0.1, -0.05) is 0 Å². The molecule has 1 heterocycles. The minimum Gasteiger partial charge on any atom is -0.480 e. The zero-order valence-corrected chi connectivity index (χ0v) is 8.96. The van der Waals surface area contributed by atoms with Gasteiger partial charge in [0.25, 0.3) is 0 Å². The van der Waals surface area contributed by atoms with E-state index in [2.05, 4.69) is 0 Å². The van der Waals surface area contributed by atoms with Gasteiger partial charge in [-0.15, -0.1) is 0 Å². The van der Waals surface area contributed by atoms with Gasteiger partial charge in [-0.25, -0.2) is 8.42 Å². The highest BCUT2D eigenvalue weighted by Gasteiger charge is 2.28. The Kier molecular flexibility index (Phi) is 3.49. The molecule has 1 saturated heterocycles. The first-order chi connectivity index (χ1) is 6.41. The Labute approximate surface area is 83.6 Å². The van der Waals surface area contributed by atoms with Crippen molar-refractivity contribution in [1.29, 1.82) is 0 Å². The Hall–Kier alpha value is -0.620. The molecule has 0 saturated carbocycles. The van der Waals surface area contributed by atoms with Crippen molar-refractivity contribution in [2.75, 3.05) is 25.1 Å². The van der Waals surface area contributed by atoms with Gasteiger partial charge in [0.1, 0.15) is 0 Å². The van der Waals surface area contributed by atoms with E-state index in [-0.39, 0.29) is 24.1 Å². The zero-order valence-electron chi connectivity index (χ0n) is 8.14. The lowest BCUT2D eigenvalue weighted by atomic mass is 10.1. The molecule has 1 unspecified atom stereocenters. The summed E-state index contributed by atoms with van der Waals surface area (Å²) in [6.07, 6.45) is 1.40. The van der Waals surface area contributed by atoms with Crippen molar-refractivity contribution in [2.45, 2.75) is 18.9 Å². The van der Waals surface area contributed by atoms with E-state index in [1.807, 2.05) is 0 Å². The van der Waals surface area contributed by atoms with E-state index < -0.39 is 15.8 Å². The van der Waals surface area contributed by atoms with Crippen LogP contribution in [0.1, 0.15) is 12.8 Å². The van der Waals surface area contributed by atoms with Crippen LogP contribution >= 0.6 is 0 Å². The second-order valence-corrected chi connectivity index (χ2v) is 5.95. The van der Waals surface area contributed by atoms with Crippen molar-refractivity contribution in [3.05, 3.63) is 0 Å². The quantitative estimate of drug-likeness (QED) is 0.700. The van der Waals surface area contributed by atoms with Crippen LogP contribution in [0.4, 0.5) is 0 Å². The first-order valence-electron chi connectivity index (χ1n) is 4.53. The van der Waals surface area contributed by atoms with E-state index in [0.717, 1.165) is 6.42 Å². The molecule has 1 N–H and O–H groups in total. The average molecular weight is 221 g/mol. The number of likely N-dealkylation sites (N-methyl/N-ethyl adjacent to an activating group) is 1. The molecule has 0 aliphatic carbocycles. The number of rotatable bonds is 3. The summed E-state index contributed by atoms with van der Waals surface area (Å²) in [4.78, 5) is 12.0. The molecule has 1 aliphatic heterocycles. The van der Waals surface area contributed by atoms with Gasteiger partial charge in [-0.3, -0.25) is 9.69 Å². The Morgan fingerprint density at radius 2 is 2.21 bits per heavy atom. The first-order valence-corrected chi connectivity index (χ1v) is 6.35. The summed E-state index contributed by atoms with van der Waals surface area (Å²) < 4.78 is 22.6. The molecule has 82 valence electrons. The first kappa shape index (κ1) is 11.5. The third-order valence-corrected chi connectivity index (χ3v) is 4.25. The van der Waals surface area contributed by atoms with Crippen LogP contribution in [0.2, 0.25) is 0 Å². The van der Waals surface area contributed by atoms with Crippen molar-refractivity contribution in [3.8, 4) is 0 Å². The van der Waals surface area contributed by atoms with Crippen LogP contribution in [0.15, 0.2) is 0 Å². The SMILES string of the molecule is CN(CC(=O)O)C1CCCS(=O)(=O)C1. The number of sulfone groups is 1. The molecular weight excluding hydrogens is 206 g/mol. The fourth-order valence-corrected chi connectivity index (χ4v) is 3.47. The molecule has 0 amide bonds. The number of carboxylic acids is 1. The van der Waals surface area contributed by atoms with E-state index in [1.54, 1.807) is 11.9 Å². The Bertz CT molecular complexity index is 311. The molecule has 6 heteroatoms. The molecule has 5 nitrogen and oxygen atoms in total. The predicted octanol–water partition coefficient (Wildman–Crippen LogP) is -0.420. The minimum absolute atomic E-state index is 0.0940. The van der Waals surface area contributed by atoms with Crippen molar-refractivity contribution in [2.24, 2.45) is 0 Å². The molecule has 1 rings (SSSR count). The van der Waals surface area contributed by atoms with E-state index in [0.29, 0.717) is 6.42 Å². The molecule has 0 radical (unpaired) electrons. The standard InChI is InChI=1S/C8H15NO4S/c1-9(5-8(10)11)7-3-2-4-14(12,13)6-7/h7H,2-6H2,1H3,(H,10,11). The maximum Gasteiger partial charge on any atom is 0.317 e. The van der Waals surface area contributed by atoms with E-state index in [9.17, 15) is 13.2 Å². The van der Waals surface area contributed by atoms with Gasteiger partial charge in [0.05, 0.1) is 18.1 Å². The molecule has 1 fully saturated rings. The van der Waals surface area contributed by atoms with Gasteiger partial charge in [0.15, 0.2) is 9.84 Å². The number of hydrogen-bond acceptors (Lipinski definition) is 4. The van der Waals surface area contributed by atoms with Crippen LogP contribution in [-0.4, -0.2) is 55.5 Å². The number of carboxylic acid groups (broad SMARTS) is 1. The third-order valence-electron chi connectivity index (χ3n) is 2.45. The number of aliphatic carboxylic acids is 1. The average Bonchev–Trinajstić information content (AvgIpc) is 2.01. The van der Waals surface area contributed by atoms with Crippen LogP contribution in [0.5, 0.6) is 0 Å². The van der Waals surface area contributed by atoms with Gasteiger partial charge in [-0.2, -0.15) is 0 Å². The maximum absolute atomic E-state index is 11.3.